The van der Waals surface area contributed by atoms with E-state index in [-0.39, 0.29) is 0 Å². The van der Waals surface area contributed by atoms with E-state index in [2.05, 4.69) is 10.6 Å². The lowest BCUT2D eigenvalue weighted by molar-refractivity contribution is 0.354. The van der Waals surface area contributed by atoms with Crippen molar-refractivity contribution in [1.82, 2.24) is 10.6 Å². The topological polar surface area (TPSA) is 42.5 Å². The molecule has 4 nitrogen and oxygen atoms in total. The summed E-state index contributed by atoms with van der Waals surface area (Å²) in [4.78, 5) is 0. The standard InChI is InChI=1S/C17H24N2O2S/c1-20-15-6-4-12(9-16(15)21-2)10-18-17(22)19-14-8-11-3-5-13(14)7-11/h4,6,9,11,13-14H,3,5,7-8,10H2,1-2H3,(H2,18,19,22)/t11-,13-,14-/m0/s1. The van der Waals surface area contributed by atoms with Gasteiger partial charge in [0.15, 0.2) is 16.6 Å². The molecule has 0 amide bonds. The lowest BCUT2D eigenvalue weighted by Gasteiger charge is -2.24. The number of hydrogen-bond acceptors (Lipinski definition) is 3. The van der Waals surface area contributed by atoms with Gasteiger partial charge < -0.3 is 20.1 Å². The van der Waals surface area contributed by atoms with Gasteiger partial charge in [0.05, 0.1) is 14.2 Å². The van der Waals surface area contributed by atoms with Crippen molar-refractivity contribution in [3.05, 3.63) is 23.8 Å². The van der Waals surface area contributed by atoms with Crippen LogP contribution in [0.2, 0.25) is 0 Å². The van der Waals surface area contributed by atoms with Crippen molar-refractivity contribution < 1.29 is 9.47 Å². The predicted molar refractivity (Wildman–Crippen MR) is 91.4 cm³/mol. The van der Waals surface area contributed by atoms with E-state index < -0.39 is 0 Å². The SMILES string of the molecule is COc1ccc(CNC(=S)N[C@H]2C[C@H]3CC[C@H]2C3)cc1OC. The zero-order valence-electron chi connectivity index (χ0n) is 13.2. The number of nitrogens with one attached hydrogen (secondary N) is 2. The van der Waals surface area contributed by atoms with Gasteiger partial charge in [0, 0.05) is 12.6 Å². The van der Waals surface area contributed by atoms with Gasteiger partial charge in [-0.05, 0) is 61.0 Å². The minimum Gasteiger partial charge on any atom is -0.493 e. The molecular weight excluding hydrogens is 296 g/mol. The van der Waals surface area contributed by atoms with Gasteiger partial charge in [-0.2, -0.15) is 0 Å². The zero-order valence-corrected chi connectivity index (χ0v) is 14.0. The van der Waals surface area contributed by atoms with Crippen LogP contribution in [-0.4, -0.2) is 25.4 Å². The molecule has 3 rings (SSSR count). The Bertz CT molecular complexity index is 549. The minimum absolute atomic E-state index is 0.573. The van der Waals surface area contributed by atoms with Crippen molar-refractivity contribution in [3.63, 3.8) is 0 Å². The summed E-state index contributed by atoms with van der Waals surface area (Å²) in [5.41, 5.74) is 1.12. The average molecular weight is 320 g/mol. The van der Waals surface area contributed by atoms with E-state index in [9.17, 15) is 0 Å². The van der Waals surface area contributed by atoms with Crippen LogP contribution in [0.1, 0.15) is 31.2 Å². The molecule has 0 spiro atoms. The van der Waals surface area contributed by atoms with Crippen LogP contribution in [0.15, 0.2) is 18.2 Å². The first-order valence-electron chi connectivity index (χ1n) is 7.95. The molecule has 22 heavy (non-hydrogen) atoms. The number of methoxy groups -OCH3 is 2. The van der Waals surface area contributed by atoms with Gasteiger partial charge in [-0.15, -0.1) is 0 Å². The summed E-state index contributed by atoms with van der Waals surface area (Å²) in [5.74, 6) is 3.24. The van der Waals surface area contributed by atoms with Gasteiger partial charge in [-0.25, -0.2) is 0 Å². The summed E-state index contributed by atoms with van der Waals surface area (Å²) in [6.07, 6.45) is 5.44. The molecule has 0 unspecified atom stereocenters. The molecule has 0 heterocycles. The van der Waals surface area contributed by atoms with E-state index in [1.165, 1.54) is 25.7 Å². The lowest BCUT2D eigenvalue weighted by Crippen LogP contribution is -2.43. The van der Waals surface area contributed by atoms with Gasteiger partial charge in [0.2, 0.25) is 0 Å². The fourth-order valence-electron chi connectivity index (χ4n) is 3.81. The van der Waals surface area contributed by atoms with Crippen molar-refractivity contribution in [3.8, 4) is 11.5 Å². The maximum Gasteiger partial charge on any atom is 0.166 e. The molecule has 2 fully saturated rings. The van der Waals surface area contributed by atoms with Crippen LogP contribution >= 0.6 is 12.2 Å². The summed E-state index contributed by atoms with van der Waals surface area (Å²) < 4.78 is 10.6. The molecule has 2 aliphatic rings. The largest absolute Gasteiger partial charge is 0.493 e. The third kappa shape index (κ3) is 3.29. The molecule has 1 aromatic carbocycles. The van der Waals surface area contributed by atoms with E-state index in [0.29, 0.717) is 12.6 Å². The second kappa shape index (κ2) is 6.73. The van der Waals surface area contributed by atoms with E-state index in [4.69, 9.17) is 21.7 Å². The summed E-state index contributed by atoms with van der Waals surface area (Å²) in [6, 6.07) is 6.49. The van der Waals surface area contributed by atoms with E-state index in [0.717, 1.165) is 34.0 Å². The Labute approximate surface area is 137 Å². The molecule has 2 N–H and O–H groups in total. The van der Waals surface area contributed by atoms with Crippen LogP contribution < -0.4 is 20.1 Å². The molecule has 120 valence electrons. The first-order valence-corrected chi connectivity index (χ1v) is 8.35. The quantitative estimate of drug-likeness (QED) is 0.817. The van der Waals surface area contributed by atoms with Gasteiger partial charge >= 0.3 is 0 Å². The van der Waals surface area contributed by atoms with E-state index >= 15 is 0 Å². The molecule has 0 aromatic heterocycles. The number of fused-ring (bicyclic) bond motifs is 2. The summed E-state index contributed by atoms with van der Waals surface area (Å²) in [5, 5.41) is 7.55. The lowest BCUT2D eigenvalue weighted by atomic mass is 9.96. The minimum atomic E-state index is 0.573. The normalized spacial score (nSPS) is 25.8. The molecule has 3 atom stereocenters. The first kappa shape index (κ1) is 15.4. The Hall–Kier alpha value is -1.49. The maximum atomic E-state index is 5.44. The van der Waals surface area contributed by atoms with Crippen molar-refractivity contribution >= 4 is 17.3 Å². The van der Waals surface area contributed by atoms with Gasteiger partial charge in [-0.3, -0.25) is 0 Å². The molecular formula is C17H24N2O2S. The van der Waals surface area contributed by atoms with Gasteiger partial charge in [-0.1, -0.05) is 12.5 Å². The maximum absolute atomic E-state index is 5.44. The molecule has 5 heteroatoms. The van der Waals surface area contributed by atoms with Crippen LogP contribution in [0, 0.1) is 11.8 Å². The first-order chi connectivity index (χ1) is 10.7. The highest BCUT2D eigenvalue weighted by Crippen LogP contribution is 2.44. The van der Waals surface area contributed by atoms with Crippen LogP contribution in [0.5, 0.6) is 11.5 Å². The molecule has 0 aliphatic heterocycles. The fraction of sp³-hybridized carbons (Fsp3) is 0.588. The highest BCUT2D eigenvalue weighted by Gasteiger charge is 2.39. The molecule has 1 aromatic rings. The Balaban J connectivity index is 1.50. The Kier molecular flexibility index (Phi) is 4.71. The monoisotopic (exact) mass is 320 g/mol. The second-order valence-electron chi connectivity index (χ2n) is 6.30. The summed E-state index contributed by atoms with van der Waals surface area (Å²) in [6.45, 7) is 0.688. The molecule has 2 saturated carbocycles. The Morgan fingerprint density at radius 3 is 2.64 bits per heavy atom. The van der Waals surface area contributed by atoms with Crippen molar-refractivity contribution in [2.75, 3.05) is 14.2 Å². The Morgan fingerprint density at radius 2 is 2.00 bits per heavy atom. The van der Waals surface area contributed by atoms with Crippen LogP contribution in [0.25, 0.3) is 0 Å². The van der Waals surface area contributed by atoms with Gasteiger partial charge in [0.25, 0.3) is 0 Å². The van der Waals surface area contributed by atoms with Crippen LogP contribution in [0.4, 0.5) is 0 Å². The van der Waals surface area contributed by atoms with Gasteiger partial charge in [0.1, 0.15) is 0 Å². The average Bonchev–Trinajstić information content (AvgIpc) is 3.15. The second-order valence-corrected chi connectivity index (χ2v) is 6.71. The van der Waals surface area contributed by atoms with Crippen molar-refractivity contribution in [2.45, 2.75) is 38.3 Å². The van der Waals surface area contributed by atoms with Crippen LogP contribution in [-0.2, 0) is 6.54 Å². The van der Waals surface area contributed by atoms with Crippen molar-refractivity contribution in [2.24, 2.45) is 11.8 Å². The predicted octanol–water partition coefficient (Wildman–Crippen LogP) is 2.86. The number of hydrogen-bond donors (Lipinski definition) is 2. The molecule has 2 bridgehead atoms. The smallest absolute Gasteiger partial charge is 0.166 e. The fourth-order valence-corrected chi connectivity index (χ4v) is 4.04. The molecule has 2 aliphatic carbocycles. The molecule has 0 radical (unpaired) electrons. The van der Waals surface area contributed by atoms with Crippen molar-refractivity contribution in [1.29, 1.82) is 0 Å². The number of thiocarbonyl (C=S) groups is 1. The number of benzene rings is 1. The number of ether oxygens (including phenoxy) is 2. The highest BCUT2D eigenvalue weighted by atomic mass is 32.1. The highest BCUT2D eigenvalue weighted by molar-refractivity contribution is 7.80. The Morgan fingerprint density at radius 1 is 1.18 bits per heavy atom. The summed E-state index contributed by atoms with van der Waals surface area (Å²) in [7, 11) is 3.29. The third-order valence-corrected chi connectivity index (χ3v) is 5.22. The zero-order chi connectivity index (χ0) is 15.5. The van der Waals surface area contributed by atoms with E-state index in [1.807, 2.05) is 18.2 Å². The van der Waals surface area contributed by atoms with E-state index in [1.54, 1.807) is 14.2 Å². The summed E-state index contributed by atoms with van der Waals surface area (Å²) >= 11 is 5.44. The molecule has 0 saturated heterocycles. The van der Waals surface area contributed by atoms with Crippen LogP contribution in [0.3, 0.4) is 0 Å². The third-order valence-electron chi connectivity index (χ3n) is 4.96. The number of rotatable bonds is 5.